The molecule has 0 bridgehead atoms. The molecule has 1 aliphatic rings. The Hall–Kier alpha value is -1.13. The Morgan fingerprint density at radius 1 is 1.41 bits per heavy atom. The van der Waals surface area contributed by atoms with Gasteiger partial charge in [-0.1, -0.05) is 6.07 Å². The van der Waals surface area contributed by atoms with Crippen molar-refractivity contribution in [2.75, 3.05) is 32.6 Å². The van der Waals surface area contributed by atoms with Gasteiger partial charge in [0.05, 0.1) is 5.69 Å². The quantitative estimate of drug-likeness (QED) is 0.862. The number of aromatic nitrogens is 1. The van der Waals surface area contributed by atoms with Crippen molar-refractivity contribution in [1.29, 1.82) is 0 Å². The van der Waals surface area contributed by atoms with E-state index in [0.29, 0.717) is 6.04 Å². The zero-order chi connectivity index (χ0) is 12.1. The molecule has 1 fully saturated rings. The van der Waals surface area contributed by atoms with E-state index in [1.54, 1.807) is 0 Å². The fourth-order valence-electron chi connectivity index (χ4n) is 2.22. The number of anilines is 1. The first-order valence-electron chi connectivity index (χ1n) is 6.21. The van der Waals surface area contributed by atoms with E-state index < -0.39 is 0 Å². The van der Waals surface area contributed by atoms with Gasteiger partial charge in [-0.3, -0.25) is 4.90 Å². The van der Waals surface area contributed by atoms with Crippen molar-refractivity contribution in [3.63, 3.8) is 0 Å². The highest BCUT2D eigenvalue weighted by molar-refractivity contribution is 5.34. The lowest BCUT2D eigenvalue weighted by Crippen LogP contribution is -2.36. The van der Waals surface area contributed by atoms with Crippen molar-refractivity contribution < 1.29 is 4.74 Å². The van der Waals surface area contributed by atoms with Gasteiger partial charge < -0.3 is 10.1 Å². The van der Waals surface area contributed by atoms with Crippen molar-refractivity contribution in [2.45, 2.75) is 25.4 Å². The number of nitrogens with one attached hydrogen (secondary N) is 1. The van der Waals surface area contributed by atoms with Gasteiger partial charge in [0.1, 0.15) is 5.82 Å². The van der Waals surface area contributed by atoms with Crippen LogP contribution in [0.3, 0.4) is 0 Å². The molecule has 0 unspecified atom stereocenters. The van der Waals surface area contributed by atoms with Gasteiger partial charge in [-0.05, 0) is 32.0 Å². The molecule has 94 valence electrons. The monoisotopic (exact) mass is 235 g/mol. The van der Waals surface area contributed by atoms with E-state index in [-0.39, 0.29) is 0 Å². The summed E-state index contributed by atoms with van der Waals surface area (Å²) in [6, 6.07) is 6.74. The lowest BCUT2D eigenvalue weighted by Gasteiger charge is -2.30. The predicted octanol–water partition coefficient (Wildman–Crippen LogP) is 1.73. The van der Waals surface area contributed by atoms with Crippen LogP contribution in [0.4, 0.5) is 5.82 Å². The molecular formula is C13H21N3O. The Morgan fingerprint density at radius 2 is 2.18 bits per heavy atom. The molecule has 2 heterocycles. The molecule has 4 heteroatoms. The van der Waals surface area contributed by atoms with E-state index in [2.05, 4.69) is 28.3 Å². The van der Waals surface area contributed by atoms with Crippen molar-refractivity contribution in [2.24, 2.45) is 0 Å². The van der Waals surface area contributed by atoms with Crippen LogP contribution in [0.5, 0.6) is 0 Å². The highest BCUT2D eigenvalue weighted by Crippen LogP contribution is 2.15. The molecule has 0 spiro atoms. The molecule has 1 saturated heterocycles. The fraction of sp³-hybridized carbons (Fsp3) is 0.615. The van der Waals surface area contributed by atoms with Gasteiger partial charge >= 0.3 is 0 Å². The molecule has 4 nitrogen and oxygen atoms in total. The van der Waals surface area contributed by atoms with Crippen molar-refractivity contribution in [3.8, 4) is 0 Å². The van der Waals surface area contributed by atoms with Gasteiger partial charge in [-0.15, -0.1) is 0 Å². The van der Waals surface area contributed by atoms with Gasteiger partial charge in [-0.25, -0.2) is 4.98 Å². The number of hydrogen-bond acceptors (Lipinski definition) is 4. The average molecular weight is 235 g/mol. The van der Waals surface area contributed by atoms with Crippen LogP contribution >= 0.6 is 0 Å². The summed E-state index contributed by atoms with van der Waals surface area (Å²) < 4.78 is 5.38. The van der Waals surface area contributed by atoms with Gasteiger partial charge in [-0.2, -0.15) is 0 Å². The molecule has 1 aliphatic heterocycles. The third-order valence-corrected chi connectivity index (χ3v) is 3.29. The molecular weight excluding hydrogens is 214 g/mol. The minimum atomic E-state index is 0.629. The molecule has 0 saturated carbocycles. The van der Waals surface area contributed by atoms with Crippen LogP contribution in [-0.4, -0.2) is 43.2 Å². The van der Waals surface area contributed by atoms with Crippen molar-refractivity contribution >= 4 is 5.82 Å². The number of ether oxygens (including phenoxy) is 1. The summed E-state index contributed by atoms with van der Waals surface area (Å²) in [4.78, 5) is 6.92. The van der Waals surface area contributed by atoms with Crippen LogP contribution in [-0.2, 0) is 11.3 Å². The fourth-order valence-corrected chi connectivity index (χ4v) is 2.22. The van der Waals surface area contributed by atoms with E-state index in [1.807, 2.05) is 19.2 Å². The van der Waals surface area contributed by atoms with Crippen LogP contribution in [0.15, 0.2) is 18.2 Å². The van der Waals surface area contributed by atoms with E-state index in [9.17, 15) is 0 Å². The molecule has 0 aromatic carbocycles. The van der Waals surface area contributed by atoms with Gasteiger partial charge in [0.15, 0.2) is 0 Å². The first-order valence-corrected chi connectivity index (χ1v) is 6.21. The van der Waals surface area contributed by atoms with Crippen molar-refractivity contribution in [3.05, 3.63) is 23.9 Å². The van der Waals surface area contributed by atoms with Gasteiger partial charge in [0.25, 0.3) is 0 Å². The predicted molar refractivity (Wildman–Crippen MR) is 69.1 cm³/mol. The third kappa shape index (κ3) is 3.41. The van der Waals surface area contributed by atoms with E-state index >= 15 is 0 Å². The number of rotatable bonds is 4. The van der Waals surface area contributed by atoms with Crippen LogP contribution < -0.4 is 5.32 Å². The molecule has 1 aromatic heterocycles. The Kier molecular flexibility index (Phi) is 4.34. The molecule has 0 radical (unpaired) electrons. The summed E-state index contributed by atoms with van der Waals surface area (Å²) in [5, 5.41) is 3.07. The lowest BCUT2D eigenvalue weighted by molar-refractivity contribution is 0.0403. The first kappa shape index (κ1) is 12.3. The second kappa shape index (κ2) is 5.98. The molecule has 0 atom stereocenters. The Morgan fingerprint density at radius 3 is 2.88 bits per heavy atom. The second-order valence-electron chi connectivity index (χ2n) is 4.52. The number of pyridine rings is 1. The maximum atomic E-state index is 5.38. The molecule has 2 rings (SSSR count). The number of nitrogens with zero attached hydrogens (tertiary/aromatic N) is 2. The Labute approximate surface area is 103 Å². The smallest absolute Gasteiger partial charge is 0.126 e. The maximum Gasteiger partial charge on any atom is 0.126 e. The Bertz CT molecular complexity index is 350. The molecule has 0 aliphatic carbocycles. The highest BCUT2D eigenvalue weighted by Gasteiger charge is 2.18. The third-order valence-electron chi connectivity index (χ3n) is 3.29. The summed E-state index contributed by atoms with van der Waals surface area (Å²) in [6.07, 6.45) is 2.25. The van der Waals surface area contributed by atoms with Gasteiger partial charge in [0.2, 0.25) is 0 Å². The Balaban J connectivity index is 1.94. The van der Waals surface area contributed by atoms with Crippen LogP contribution in [0.1, 0.15) is 18.5 Å². The zero-order valence-corrected chi connectivity index (χ0v) is 10.6. The van der Waals surface area contributed by atoms with Crippen LogP contribution in [0, 0.1) is 0 Å². The summed E-state index contributed by atoms with van der Waals surface area (Å²) in [5.74, 6) is 0.933. The summed E-state index contributed by atoms with van der Waals surface area (Å²) in [7, 11) is 4.07. The summed E-state index contributed by atoms with van der Waals surface area (Å²) in [5.41, 5.74) is 1.12. The SMILES string of the molecule is CNc1cccc(CN(C)C2CCOCC2)n1. The van der Waals surface area contributed by atoms with E-state index in [4.69, 9.17) is 4.74 Å². The topological polar surface area (TPSA) is 37.4 Å². The average Bonchev–Trinajstić information content (AvgIpc) is 2.40. The summed E-state index contributed by atoms with van der Waals surface area (Å²) in [6.45, 7) is 2.68. The number of hydrogen-bond donors (Lipinski definition) is 1. The molecule has 17 heavy (non-hydrogen) atoms. The summed E-state index contributed by atoms with van der Waals surface area (Å²) >= 11 is 0. The van der Waals surface area contributed by atoms with E-state index in [0.717, 1.165) is 44.1 Å². The molecule has 1 N–H and O–H groups in total. The largest absolute Gasteiger partial charge is 0.381 e. The lowest BCUT2D eigenvalue weighted by atomic mass is 10.1. The van der Waals surface area contributed by atoms with Crippen LogP contribution in [0.25, 0.3) is 0 Å². The first-order chi connectivity index (χ1) is 8.29. The highest BCUT2D eigenvalue weighted by atomic mass is 16.5. The van der Waals surface area contributed by atoms with Crippen LogP contribution in [0.2, 0.25) is 0 Å². The minimum absolute atomic E-state index is 0.629. The molecule has 1 aromatic rings. The minimum Gasteiger partial charge on any atom is -0.381 e. The zero-order valence-electron chi connectivity index (χ0n) is 10.6. The second-order valence-corrected chi connectivity index (χ2v) is 4.52. The van der Waals surface area contributed by atoms with Crippen molar-refractivity contribution in [1.82, 2.24) is 9.88 Å². The van der Waals surface area contributed by atoms with Gasteiger partial charge in [0, 0.05) is 32.8 Å². The molecule has 0 amide bonds. The normalized spacial score (nSPS) is 17.4. The maximum absolute atomic E-state index is 5.38. The standard InChI is InChI=1S/C13H21N3O/c1-14-13-5-3-4-11(15-13)10-16(2)12-6-8-17-9-7-12/h3-5,12H,6-10H2,1-2H3,(H,14,15). The van der Waals surface area contributed by atoms with E-state index in [1.165, 1.54) is 0 Å².